The molecule has 0 saturated heterocycles. The van der Waals surface area contributed by atoms with Gasteiger partial charge in [0.05, 0.1) is 17.0 Å². The normalized spacial score (nSPS) is 23.7. The number of rotatable bonds is 4. The van der Waals surface area contributed by atoms with E-state index >= 15 is 0 Å². The van der Waals surface area contributed by atoms with E-state index in [1.807, 2.05) is 10.6 Å². The van der Waals surface area contributed by atoms with E-state index in [-0.39, 0.29) is 11.9 Å². The summed E-state index contributed by atoms with van der Waals surface area (Å²) in [5.74, 6) is -1.10. The number of hydrogen-bond acceptors (Lipinski definition) is 4. The molecule has 6 nitrogen and oxygen atoms in total. The van der Waals surface area contributed by atoms with Gasteiger partial charge >= 0.3 is 5.97 Å². The molecule has 2 aliphatic rings. The molecule has 0 radical (unpaired) electrons. The monoisotopic (exact) mass is 451 g/mol. The number of anilines is 1. The Balaban J connectivity index is 1.67. The molecule has 7 heteroatoms. The summed E-state index contributed by atoms with van der Waals surface area (Å²) in [4.78, 5) is 16.7. The van der Waals surface area contributed by atoms with E-state index < -0.39 is 18.0 Å². The first-order chi connectivity index (χ1) is 15.8. The van der Waals surface area contributed by atoms with Crippen LogP contribution in [-0.4, -0.2) is 31.8 Å². The highest BCUT2D eigenvalue weighted by molar-refractivity contribution is 5.86. The van der Waals surface area contributed by atoms with Crippen molar-refractivity contribution < 1.29 is 19.4 Å². The summed E-state index contributed by atoms with van der Waals surface area (Å²) in [5, 5.41) is 24.5. The minimum Gasteiger partial charge on any atom is -0.481 e. The number of aliphatic hydroxyl groups excluding tert-OH is 1. The Hall–Kier alpha value is -2.93. The molecule has 1 aliphatic carbocycles. The molecule has 1 aromatic heterocycles. The van der Waals surface area contributed by atoms with Crippen LogP contribution in [0.4, 0.5) is 10.1 Å². The first kappa shape index (κ1) is 21.9. The van der Waals surface area contributed by atoms with Gasteiger partial charge in [0.1, 0.15) is 17.7 Å². The van der Waals surface area contributed by atoms with E-state index in [0.29, 0.717) is 35.8 Å². The van der Waals surface area contributed by atoms with Gasteiger partial charge in [0.2, 0.25) is 0 Å². The molecule has 33 heavy (non-hydrogen) atoms. The molecule has 0 spiro atoms. The van der Waals surface area contributed by atoms with Gasteiger partial charge < -0.3 is 20.1 Å². The molecule has 2 heterocycles. The zero-order chi connectivity index (χ0) is 23.3. The van der Waals surface area contributed by atoms with Crippen LogP contribution in [0.15, 0.2) is 30.3 Å². The van der Waals surface area contributed by atoms with E-state index in [1.54, 1.807) is 19.1 Å². The molecule has 4 atom stereocenters. The molecule has 1 aliphatic heterocycles. The molecule has 2 aromatic carbocycles. The maximum atomic E-state index is 14.3. The molecule has 0 bridgehead atoms. The Morgan fingerprint density at radius 3 is 2.82 bits per heavy atom. The second kappa shape index (κ2) is 8.45. The standard InChI is InChI=1S/C26H30FN3O3/c1-14-6-8-16(13-20(14)27)24(31)25-29-23-19-9-7-15(2)28-21(19)10-11-22(23)30(25)18-5-3-4-17(12-18)26(32)33/h6,8,10-11,13,15,17-18,24,28,31H,3-5,7,9,12H2,1-2H3,(H,32,33). The number of aliphatic carboxylic acids is 1. The van der Waals surface area contributed by atoms with Gasteiger partial charge in [-0.05, 0) is 75.3 Å². The van der Waals surface area contributed by atoms with Gasteiger partial charge in [0.25, 0.3) is 0 Å². The third kappa shape index (κ3) is 3.88. The van der Waals surface area contributed by atoms with Crippen molar-refractivity contribution >= 4 is 22.7 Å². The van der Waals surface area contributed by atoms with Crippen LogP contribution in [0.5, 0.6) is 0 Å². The van der Waals surface area contributed by atoms with Gasteiger partial charge in [-0.15, -0.1) is 0 Å². The minimum atomic E-state index is -1.11. The fraction of sp³-hybridized carbons (Fsp3) is 0.462. The van der Waals surface area contributed by atoms with Crippen LogP contribution in [-0.2, 0) is 11.2 Å². The van der Waals surface area contributed by atoms with Crippen LogP contribution in [0, 0.1) is 18.7 Å². The lowest BCUT2D eigenvalue weighted by atomic mass is 9.85. The van der Waals surface area contributed by atoms with Crippen LogP contribution >= 0.6 is 0 Å². The molecule has 4 unspecified atom stereocenters. The topological polar surface area (TPSA) is 87.4 Å². The number of carboxylic acids is 1. The van der Waals surface area contributed by atoms with Crippen molar-refractivity contribution in [1.82, 2.24) is 9.55 Å². The summed E-state index contributed by atoms with van der Waals surface area (Å²) < 4.78 is 16.3. The van der Waals surface area contributed by atoms with E-state index in [4.69, 9.17) is 4.98 Å². The highest BCUT2D eigenvalue weighted by Crippen LogP contribution is 2.40. The fourth-order valence-electron chi connectivity index (χ4n) is 5.45. The average molecular weight is 452 g/mol. The van der Waals surface area contributed by atoms with Gasteiger partial charge in [0, 0.05) is 23.3 Å². The smallest absolute Gasteiger partial charge is 0.306 e. The molecular formula is C26H30FN3O3. The zero-order valence-corrected chi connectivity index (χ0v) is 19.0. The third-order valence-corrected chi connectivity index (χ3v) is 7.34. The maximum absolute atomic E-state index is 14.3. The summed E-state index contributed by atoms with van der Waals surface area (Å²) in [6, 6.07) is 9.13. The average Bonchev–Trinajstić information content (AvgIpc) is 3.20. The molecular weight excluding hydrogens is 421 g/mol. The van der Waals surface area contributed by atoms with Gasteiger partial charge in [0.15, 0.2) is 0 Å². The molecule has 5 rings (SSSR count). The highest BCUT2D eigenvalue weighted by Gasteiger charge is 2.33. The number of carboxylic acid groups (broad SMARTS) is 1. The number of halogens is 1. The van der Waals surface area contributed by atoms with Crippen LogP contribution in [0.25, 0.3) is 11.0 Å². The SMILES string of the molecule is Cc1ccc(C(O)c2nc3c4c(ccc3n2C2CCCC(C(=O)O)C2)NC(C)CC4)cc1F. The first-order valence-electron chi connectivity index (χ1n) is 11.8. The van der Waals surface area contributed by atoms with Crippen LogP contribution < -0.4 is 5.32 Å². The Morgan fingerprint density at radius 1 is 1.24 bits per heavy atom. The van der Waals surface area contributed by atoms with E-state index in [1.165, 1.54) is 6.07 Å². The second-order valence-corrected chi connectivity index (χ2v) is 9.65. The number of aliphatic hydroxyl groups is 1. The van der Waals surface area contributed by atoms with Gasteiger partial charge in [-0.1, -0.05) is 18.6 Å². The summed E-state index contributed by atoms with van der Waals surface area (Å²) in [7, 11) is 0. The summed E-state index contributed by atoms with van der Waals surface area (Å²) in [5.41, 5.74) is 4.89. The van der Waals surface area contributed by atoms with Crippen molar-refractivity contribution in [3.63, 3.8) is 0 Å². The summed E-state index contributed by atoms with van der Waals surface area (Å²) in [6.45, 7) is 3.84. The summed E-state index contributed by atoms with van der Waals surface area (Å²) >= 11 is 0. The molecule has 174 valence electrons. The third-order valence-electron chi connectivity index (χ3n) is 7.34. The number of nitrogens with one attached hydrogen (secondary N) is 1. The highest BCUT2D eigenvalue weighted by atomic mass is 19.1. The number of carbonyl (C=O) groups is 1. The number of aromatic nitrogens is 2. The Labute approximate surface area is 192 Å². The van der Waals surface area contributed by atoms with Crippen molar-refractivity contribution in [1.29, 1.82) is 0 Å². The lowest BCUT2D eigenvalue weighted by Gasteiger charge is -2.30. The van der Waals surface area contributed by atoms with E-state index in [9.17, 15) is 19.4 Å². The van der Waals surface area contributed by atoms with Crippen LogP contribution in [0.2, 0.25) is 0 Å². The lowest BCUT2D eigenvalue weighted by molar-refractivity contribution is -0.143. The molecule has 1 saturated carbocycles. The Kier molecular flexibility index (Phi) is 5.60. The van der Waals surface area contributed by atoms with E-state index in [0.717, 1.165) is 48.0 Å². The van der Waals surface area contributed by atoms with Crippen molar-refractivity contribution in [2.75, 3.05) is 5.32 Å². The van der Waals surface area contributed by atoms with Gasteiger partial charge in [-0.25, -0.2) is 9.37 Å². The lowest BCUT2D eigenvalue weighted by Crippen LogP contribution is -2.26. The first-order valence-corrected chi connectivity index (χ1v) is 11.8. The van der Waals surface area contributed by atoms with Crippen LogP contribution in [0.1, 0.15) is 73.7 Å². The number of nitrogens with zero attached hydrogens (tertiary/aromatic N) is 2. The molecule has 3 N–H and O–H groups in total. The van der Waals surface area contributed by atoms with Gasteiger partial charge in [-0.3, -0.25) is 4.79 Å². The minimum absolute atomic E-state index is 0.0849. The predicted octanol–water partition coefficient (Wildman–Crippen LogP) is 5.13. The second-order valence-electron chi connectivity index (χ2n) is 9.65. The van der Waals surface area contributed by atoms with Crippen molar-refractivity contribution in [2.45, 2.75) is 70.6 Å². The Bertz CT molecular complexity index is 1220. The van der Waals surface area contributed by atoms with Crippen LogP contribution in [0.3, 0.4) is 0 Å². The fourth-order valence-corrected chi connectivity index (χ4v) is 5.45. The van der Waals surface area contributed by atoms with Crippen molar-refractivity contribution in [2.24, 2.45) is 5.92 Å². The number of aryl methyl sites for hydroxylation is 2. The van der Waals surface area contributed by atoms with Crippen molar-refractivity contribution in [3.8, 4) is 0 Å². The number of hydrogen-bond donors (Lipinski definition) is 3. The number of benzene rings is 2. The molecule has 3 aromatic rings. The van der Waals surface area contributed by atoms with E-state index in [2.05, 4.69) is 18.3 Å². The van der Waals surface area contributed by atoms with Crippen molar-refractivity contribution in [3.05, 3.63) is 58.7 Å². The zero-order valence-electron chi connectivity index (χ0n) is 19.0. The summed E-state index contributed by atoms with van der Waals surface area (Å²) in [6.07, 6.45) is 3.55. The number of imidazole rings is 1. The molecule has 1 fully saturated rings. The number of fused-ring (bicyclic) bond motifs is 3. The molecule has 0 amide bonds. The van der Waals surface area contributed by atoms with Gasteiger partial charge in [-0.2, -0.15) is 0 Å². The maximum Gasteiger partial charge on any atom is 0.306 e. The Morgan fingerprint density at radius 2 is 2.06 bits per heavy atom. The largest absolute Gasteiger partial charge is 0.481 e. The predicted molar refractivity (Wildman–Crippen MR) is 125 cm³/mol. The quantitative estimate of drug-likeness (QED) is 0.512.